The van der Waals surface area contributed by atoms with Crippen molar-refractivity contribution in [1.82, 2.24) is 9.37 Å². The lowest BCUT2D eigenvalue weighted by molar-refractivity contribution is -0.0258. The minimum atomic E-state index is -3.75. The van der Waals surface area contributed by atoms with Gasteiger partial charge in [0, 0.05) is 19.3 Å². The van der Waals surface area contributed by atoms with Crippen molar-refractivity contribution >= 4 is 21.7 Å². The zero-order valence-electron chi connectivity index (χ0n) is 16.0. The number of benzene rings is 2. The number of rotatable bonds is 5. The molecule has 3 rings (SSSR count). The standard InChI is InChI=1S/C19H22FN3O5S/c1-22(27-2)29(25,26)17-9-7-16(8-10-17)21-19(24)23-11-12-28-18(13-23)14-3-5-15(20)6-4-14/h3-10,18H,11-13H2,1-2H3,(H,21,24). The third kappa shape index (κ3) is 4.91. The normalized spacial score (nSPS) is 17.4. The molecule has 10 heteroatoms. The van der Waals surface area contributed by atoms with Gasteiger partial charge in [0.1, 0.15) is 11.9 Å². The number of halogens is 1. The lowest BCUT2D eigenvalue weighted by Crippen LogP contribution is -2.44. The van der Waals surface area contributed by atoms with Crippen LogP contribution in [-0.2, 0) is 19.6 Å². The second-order valence-corrected chi connectivity index (χ2v) is 8.34. The van der Waals surface area contributed by atoms with E-state index in [2.05, 4.69) is 5.32 Å². The van der Waals surface area contributed by atoms with Gasteiger partial charge in [-0.15, -0.1) is 0 Å². The Morgan fingerprint density at radius 2 is 1.86 bits per heavy atom. The monoisotopic (exact) mass is 423 g/mol. The third-order valence-corrected chi connectivity index (χ3v) is 6.29. The summed E-state index contributed by atoms with van der Waals surface area (Å²) in [6.07, 6.45) is -0.341. The molecule has 0 bridgehead atoms. The number of hydrogen-bond donors (Lipinski definition) is 1. The number of amides is 2. The highest BCUT2D eigenvalue weighted by atomic mass is 32.2. The average Bonchev–Trinajstić information content (AvgIpc) is 2.74. The highest BCUT2D eigenvalue weighted by Gasteiger charge is 2.26. The number of carbonyl (C=O) groups excluding carboxylic acids is 1. The van der Waals surface area contributed by atoms with Crippen LogP contribution in [0.1, 0.15) is 11.7 Å². The molecule has 1 heterocycles. The van der Waals surface area contributed by atoms with Crippen molar-refractivity contribution in [2.45, 2.75) is 11.0 Å². The van der Waals surface area contributed by atoms with E-state index in [4.69, 9.17) is 9.57 Å². The van der Waals surface area contributed by atoms with Crippen molar-refractivity contribution < 1.29 is 27.2 Å². The Labute approximate surface area is 168 Å². The summed E-state index contributed by atoms with van der Waals surface area (Å²) in [5.74, 6) is -0.332. The fraction of sp³-hybridized carbons (Fsp3) is 0.316. The van der Waals surface area contributed by atoms with Gasteiger partial charge < -0.3 is 15.0 Å². The summed E-state index contributed by atoms with van der Waals surface area (Å²) in [4.78, 5) is 19.0. The van der Waals surface area contributed by atoms with E-state index in [-0.39, 0.29) is 22.8 Å². The van der Waals surface area contributed by atoms with Crippen LogP contribution < -0.4 is 5.32 Å². The predicted molar refractivity (Wildman–Crippen MR) is 104 cm³/mol. The van der Waals surface area contributed by atoms with Crippen LogP contribution in [0.25, 0.3) is 0 Å². The van der Waals surface area contributed by atoms with Gasteiger partial charge in [-0.3, -0.25) is 4.84 Å². The number of sulfonamides is 1. The first-order chi connectivity index (χ1) is 13.8. The summed E-state index contributed by atoms with van der Waals surface area (Å²) in [5.41, 5.74) is 1.25. The first kappa shape index (κ1) is 21.2. The molecule has 1 unspecified atom stereocenters. The maximum Gasteiger partial charge on any atom is 0.322 e. The first-order valence-electron chi connectivity index (χ1n) is 8.87. The molecule has 0 saturated carbocycles. The molecule has 1 N–H and O–H groups in total. The number of morpholine rings is 1. The second kappa shape index (κ2) is 8.87. The molecule has 0 spiro atoms. The lowest BCUT2D eigenvalue weighted by Gasteiger charge is -2.33. The van der Waals surface area contributed by atoms with Crippen LogP contribution in [-0.4, -0.2) is 57.7 Å². The van der Waals surface area contributed by atoms with Gasteiger partial charge in [0.15, 0.2) is 0 Å². The predicted octanol–water partition coefficient (Wildman–Crippen LogP) is 2.61. The minimum absolute atomic E-state index is 0.0441. The molecule has 0 radical (unpaired) electrons. The van der Waals surface area contributed by atoms with Crippen LogP contribution in [0.15, 0.2) is 53.4 Å². The number of hydrogen-bond acceptors (Lipinski definition) is 5. The Morgan fingerprint density at radius 3 is 2.48 bits per heavy atom. The SMILES string of the molecule is CON(C)S(=O)(=O)c1ccc(NC(=O)N2CCOC(c3ccc(F)cc3)C2)cc1. The molecule has 0 aromatic heterocycles. The fourth-order valence-corrected chi connectivity index (χ4v) is 3.85. The number of anilines is 1. The van der Waals surface area contributed by atoms with E-state index in [0.29, 0.717) is 25.4 Å². The fourth-order valence-electron chi connectivity index (χ4n) is 2.87. The molecule has 1 aliphatic heterocycles. The number of nitrogens with one attached hydrogen (secondary N) is 1. The van der Waals surface area contributed by atoms with Crippen molar-refractivity contribution in [3.63, 3.8) is 0 Å². The van der Waals surface area contributed by atoms with Crippen LogP contribution in [0.5, 0.6) is 0 Å². The topological polar surface area (TPSA) is 88.2 Å². The van der Waals surface area contributed by atoms with E-state index in [1.807, 2.05) is 0 Å². The van der Waals surface area contributed by atoms with Gasteiger partial charge in [-0.25, -0.2) is 17.6 Å². The summed E-state index contributed by atoms with van der Waals surface area (Å²) in [6.45, 7) is 1.09. The number of carbonyl (C=O) groups is 1. The Kier molecular flexibility index (Phi) is 6.48. The Bertz CT molecular complexity index is 951. The van der Waals surface area contributed by atoms with Gasteiger partial charge in [0.2, 0.25) is 0 Å². The minimum Gasteiger partial charge on any atom is -0.370 e. The number of urea groups is 1. The Morgan fingerprint density at radius 1 is 1.21 bits per heavy atom. The Balaban J connectivity index is 1.64. The third-order valence-electron chi connectivity index (χ3n) is 4.59. The molecule has 29 heavy (non-hydrogen) atoms. The molecule has 8 nitrogen and oxygen atoms in total. The molecule has 156 valence electrons. The van der Waals surface area contributed by atoms with Crippen molar-refractivity contribution in [1.29, 1.82) is 0 Å². The number of ether oxygens (including phenoxy) is 1. The highest BCUT2D eigenvalue weighted by Crippen LogP contribution is 2.23. The van der Waals surface area contributed by atoms with Crippen molar-refractivity contribution in [2.75, 3.05) is 39.2 Å². The van der Waals surface area contributed by atoms with E-state index < -0.39 is 10.0 Å². The van der Waals surface area contributed by atoms with Crippen molar-refractivity contribution in [3.8, 4) is 0 Å². The maximum absolute atomic E-state index is 13.1. The molecular formula is C19H22FN3O5S. The molecule has 1 saturated heterocycles. The van der Waals surface area contributed by atoms with Gasteiger partial charge in [0.25, 0.3) is 10.0 Å². The van der Waals surface area contributed by atoms with Crippen LogP contribution in [0, 0.1) is 5.82 Å². The van der Waals surface area contributed by atoms with Gasteiger partial charge in [-0.05, 0) is 42.0 Å². The van der Waals surface area contributed by atoms with Gasteiger partial charge in [-0.2, -0.15) is 0 Å². The van der Waals surface area contributed by atoms with Crippen LogP contribution >= 0.6 is 0 Å². The molecule has 2 amide bonds. The van der Waals surface area contributed by atoms with E-state index >= 15 is 0 Å². The average molecular weight is 423 g/mol. The molecule has 2 aromatic carbocycles. The van der Waals surface area contributed by atoms with Crippen LogP contribution in [0.3, 0.4) is 0 Å². The summed E-state index contributed by atoms with van der Waals surface area (Å²) >= 11 is 0. The zero-order valence-corrected chi connectivity index (χ0v) is 16.9. The quantitative estimate of drug-likeness (QED) is 0.747. The molecule has 1 fully saturated rings. The van der Waals surface area contributed by atoms with E-state index in [0.717, 1.165) is 10.0 Å². The van der Waals surface area contributed by atoms with Gasteiger partial charge in [0.05, 0.1) is 25.2 Å². The summed E-state index contributed by atoms with van der Waals surface area (Å²) in [7, 11) is -1.20. The van der Waals surface area contributed by atoms with E-state index in [1.54, 1.807) is 17.0 Å². The van der Waals surface area contributed by atoms with E-state index in [9.17, 15) is 17.6 Å². The lowest BCUT2D eigenvalue weighted by atomic mass is 10.1. The maximum atomic E-state index is 13.1. The number of nitrogens with zero attached hydrogens (tertiary/aromatic N) is 2. The summed E-state index contributed by atoms with van der Waals surface area (Å²) in [6, 6.07) is 11.4. The van der Waals surface area contributed by atoms with Crippen molar-refractivity contribution in [3.05, 3.63) is 59.9 Å². The van der Waals surface area contributed by atoms with Gasteiger partial charge in [-0.1, -0.05) is 16.6 Å². The Hall–Kier alpha value is -2.53. The highest BCUT2D eigenvalue weighted by molar-refractivity contribution is 7.89. The zero-order chi connectivity index (χ0) is 21.0. The summed E-state index contributed by atoms with van der Waals surface area (Å²) < 4.78 is 44.0. The number of hydroxylamine groups is 1. The molecule has 0 aliphatic carbocycles. The largest absolute Gasteiger partial charge is 0.370 e. The smallest absolute Gasteiger partial charge is 0.322 e. The van der Waals surface area contributed by atoms with Crippen LogP contribution in [0.2, 0.25) is 0 Å². The molecule has 1 atom stereocenters. The van der Waals surface area contributed by atoms with Crippen LogP contribution in [0.4, 0.5) is 14.9 Å². The molecular weight excluding hydrogens is 401 g/mol. The van der Waals surface area contributed by atoms with E-state index in [1.165, 1.54) is 50.6 Å². The molecule has 2 aromatic rings. The first-order valence-corrected chi connectivity index (χ1v) is 10.3. The van der Waals surface area contributed by atoms with Crippen molar-refractivity contribution in [2.24, 2.45) is 0 Å². The van der Waals surface area contributed by atoms with Gasteiger partial charge >= 0.3 is 6.03 Å². The summed E-state index contributed by atoms with van der Waals surface area (Å²) in [5, 5.41) is 2.75. The second-order valence-electron chi connectivity index (χ2n) is 6.41. The molecule has 1 aliphatic rings.